The highest BCUT2D eigenvalue weighted by Crippen LogP contribution is 2.38. The number of amidine groups is 1. The third-order valence-electron chi connectivity index (χ3n) is 6.20. The van der Waals surface area contributed by atoms with E-state index in [1.54, 1.807) is 18.2 Å². The maximum Gasteiger partial charge on any atom is 0.140 e. The lowest BCUT2D eigenvalue weighted by molar-refractivity contribution is 1.23. The summed E-state index contributed by atoms with van der Waals surface area (Å²) in [6.45, 7) is 3.94. The van der Waals surface area contributed by atoms with Gasteiger partial charge in [-0.05, 0) is 73.5 Å². The summed E-state index contributed by atoms with van der Waals surface area (Å²) in [6.07, 6.45) is 0. The lowest BCUT2D eigenvalue weighted by Gasteiger charge is -2.29. The zero-order valence-corrected chi connectivity index (χ0v) is 19.9. The Morgan fingerprint density at radius 1 is 0.806 bits per heavy atom. The van der Waals surface area contributed by atoms with Gasteiger partial charge in [0.25, 0.3) is 0 Å². The molecule has 0 amide bonds. The number of imidazole rings is 1. The molecule has 0 radical (unpaired) electrons. The Hall–Kier alpha value is -5.20. The van der Waals surface area contributed by atoms with Crippen LogP contribution in [0.1, 0.15) is 27.8 Å². The van der Waals surface area contributed by atoms with Crippen LogP contribution in [0.25, 0.3) is 22.4 Å². The van der Waals surface area contributed by atoms with Crippen LogP contribution in [0.5, 0.6) is 0 Å². The fourth-order valence-corrected chi connectivity index (χ4v) is 4.38. The van der Waals surface area contributed by atoms with Crippen LogP contribution in [-0.2, 0) is 0 Å². The predicted molar refractivity (Wildman–Crippen MR) is 142 cm³/mol. The Bertz CT molecular complexity index is 1710. The standard InChI is InChI=1S/C30H22N6/c1-19-7-3-4-8-23(19)29(33)36(27-14-12-21(17-31)15-20(27)2)28-10-6-5-9-24(28)30-34-25-13-11-22(18-32)16-26(25)35-30/h3-16,33H,1-2H3,(H,34,35). The van der Waals surface area contributed by atoms with Crippen molar-refractivity contribution >= 4 is 28.2 Å². The van der Waals surface area contributed by atoms with Gasteiger partial charge in [-0.15, -0.1) is 0 Å². The molecule has 0 aliphatic carbocycles. The first-order valence-corrected chi connectivity index (χ1v) is 11.4. The molecule has 0 spiro atoms. The van der Waals surface area contributed by atoms with Crippen molar-refractivity contribution in [3.05, 3.63) is 113 Å². The van der Waals surface area contributed by atoms with E-state index in [2.05, 4.69) is 17.1 Å². The first kappa shape index (κ1) is 22.6. The van der Waals surface area contributed by atoms with Gasteiger partial charge in [0.15, 0.2) is 0 Å². The number of anilines is 2. The Labute approximate surface area is 209 Å². The second-order valence-electron chi connectivity index (χ2n) is 8.56. The molecular weight excluding hydrogens is 444 g/mol. The van der Waals surface area contributed by atoms with Crippen LogP contribution < -0.4 is 4.90 Å². The van der Waals surface area contributed by atoms with Gasteiger partial charge in [-0.25, -0.2) is 4.98 Å². The van der Waals surface area contributed by atoms with Gasteiger partial charge in [0.05, 0.1) is 45.7 Å². The van der Waals surface area contributed by atoms with Crippen molar-refractivity contribution in [1.82, 2.24) is 9.97 Å². The van der Waals surface area contributed by atoms with E-state index < -0.39 is 0 Å². The number of nitrogens with zero attached hydrogens (tertiary/aromatic N) is 4. The van der Waals surface area contributed by atoms with Crippen LogP contribution in [0.3, 0.4) is 0 Å². The van der Waals surface area contributed by atoms with E-state index in [0.29, 0.717) is 28.3 Å². The Kier molecular flexibility index (Phi) is 5.78. The van der Waals surface area contributed by atoms with Crippen LogP contribution in [-0.4, -0.2) is 15.8 Å². The Morgan fingerprint density at radius 2 is 1.50 bits per heavy atom. The lowest BCUT2D eigenvalue weighted by atomic mass is 10.0. The molecule has 0 aliphatic rings. The van der Waals surface area contributed by atoms with Gasteiger partial charge >= 0.3 is 0 Å². The molecule has 0 unspecified atom stereocenters. The molecule has 0 atom stereocenters. The molecule has 6 heteroatoms. The van der Waals surface area contributed by atoms with Crippen molar-refractivity contribution < 1.29 is 0 Å². The molecule has 5 aromatic rings. The number of aromatic amines is 1. The third-order valence-corrected chi connectivity index (χ3v) is 6.20. The second-order valence-corrected chi connectivity index (χ2v) is 8.56. The molecule has 1 heterocycles. The van der Waals surface area contributed by atoms with Crippen molar-refractivity contribution in [2.24, 2.45) is 0 Å². The number of rotatable bonds is 4. The first-order chi connectivity index (χ1) is 17.5. The SMILES string of the molecule is Cc1ccccc1C(=N)N(c1ccc(C#N)cc1C)c1ccccc1-c1nc2cc(C#N)ccc2[nH]1. The molecule has 4 aromatic carbocycles. The highest BCUT2D eigenvalue weighted by Gasteiger charge is 2.23. The van der Waals surface area contributed by atoms with Crippen LogP contribution in [0.15, 0.2) is 84.9 Å². The molecule has 0 saturated heterocycles. The summed E-state index contributed by atoms with van der Waals surface area (Å²) in [7, 11) is 0. The summed E-state index contributed by atoms with van der Waals surface area (Å²) >= 11 is 0. The second kappa shape index (κ2) is 9.21. The van der Waals surface area contributed by atoms with Crippen LogP contribution in [0.4, 0.5) is 11.4 Å². The summed E-state index contributed by atoms with van der Waals surface area (Å²) in [6, 6.07) is 30.8. The maximum atomic E-state index is 9.39. The zero-order valence-electron chi connectivity index (χ0n) is 19.9. The van der Waals surface area contributed by atoms with Gasteiger partial charge < -0.3 is 4.98 Å². The summed E-state index contributed by atoms with van der Waals surface area (Å²) < 4.78 is 0. The first-order valence-electron chi connectivity index (χ1n) is 11.4. The summed E-state index contributed by atoms with van der Waals surface area (Å²) in [5, 5.41) is 28.0. The molecule has 2 N–H and O–H groups in total. The number of hydrogen-bond acceptors (Lipinski definition) is 4. The minimum Gasteiger partial charge on any atom is -0.338 e. The third kappa shape index (κ3) is 3.98. The number of nitrogens with one attached hydrogen (secondary N) is 2. The van der Waals surface area contributed by atoms with Crippen molar-refractivity contribution in [2.75, 3.05) is 4.90 Å². The Balaban J connectivity index is 1.74. The summed E-state index contributed by atoms with van der Waals surface area (Å²) in [5.41, 5.74) is 7.71. The van der Waals surface area contributed by atoms with Gasteiger partial charge in [-0.1, -0.05) is 36.4 Å². The fourth-order valence-electron chi connectivity index (χ4n) is 4.38. The van der Waals surface area contributed by atoms with E-state index in [9.17, 15) is 15.9 Å². The van der Waals surface area contributed by atoms with Crippen LogP contribution in [0, 0.1) is 41.9 Å². The molecule has 0 saturated carbocycles. The number of aryl methyl sites for hydroxylation is 2. The highest BCUT2D eigenvalue weighted by molar-refractivity contribution is 6.15. The molecule has 5 rings (SSSR count). The minimum absolute atomic E-state index is 0.316. The molecule has 0 fully saturated rings. The molecule has 1 aromatic heterocycles. The maximum absolute atomic E-state index is 9.39. The van der Waals surface area contributed by atoms with E-state index in [-0.39, 0.29) is 0 Å². The number of nitriles is 2. The van der Waals surface area contributed by atoms with Gasteiger partial charge in [0.2, 0.25) is 0 Å². The zero-order chi connectivity index (χ0) is 25.2. The Morgan fingerprint density at radius 3 is 2.25 bits per heavy atom. The lowest BCUT2D eigenvalue weighted by Crippen LogP contribution is -2.28. The fraction of sp³-hybridized carbons (Fsp3) is 0.0667. The molecule has 36 heavy (non-hydrogen) atoms. The summed E-state index contributed by atoms with van der Waals surface area (Å²) in [5.74, 6) is 0.959. The molecule has 0 bridgehead atoms. The summed E-state index contributed by atoms with van der Waals surface area (Å²) in [4.78, 5) is 10.1. The number of aromatic nitrogens is 2. The van der Waals surface area contributed by atoms with Crippen molar-refractivity contribution in [3.8, 4) is 23.5 Å². The smallest absolute Gasteiger partial charge is 0.140 e. The monoisotopic (exact) mass is 466 g/mol. The van der Waals surface area contributed by atoms with Crippen molar-refractivity contribution in [2.45, 2.75) is 13.8 Å². The largest absolute Gasteiger partial charge is 0.338 e. The quantitative estimate of drug-likeness (QED) is 0.226. The number of fused-ring (bicyclic) bond motifs is 1. The average molecular weight is 467 g/mol. The van der Waals surface area contributed by atoms with E-state index in [1.165, 1.54) is 0 Å². The van der Waals surface area contributed by atoms with Crippen molar-refractivity contribution in [3.63, 3.8) is 0 Å². The van der Waals surface area contributed by atoms with Gasteiger partial charge in [0, 0.05) is 11.1 Å². The number of hydrogen-bond donors (Lipinski definition) is 2. The van der Waals surface area contributed by atoms with E-state index in [4.69, 9.17) is 4.98 Å². The normalized spacial score (nSPS) is 10.6. The molecular formula is C30H22N6. The number of benzene rings is 4. The van der Waals surface area contributed by atoms with Crippen LogP contribution in [0.2, 0.25) is 0 Å². The molecule has 0 aliphatic heterocycles. The highest BCUT2D eigenvalue weighted by atomic mass is 15.2. The van der Waals surface area contributed by atoms with Crippen LogP contribution >= 0.6 is 0 Å². The van der Waals surface area contributed by atoms with E-state index in [1.807, 2.05) is 85.5 Å². The number of H-pyrrole nitrogens is 1. The minimum atomic E-state index is 0.316. The number of para-hydroxylation sites is 1. The topological polar surface area (TPSA) is 103 Å². The molecule has 172 valence electrons. The van der Waals surface area contributed by atoms with Gasteiger partial charge in [0.1, 0.15) is 11.7 Å². The van der Waals surface area contributed by atoms with Gasteiger partial charge in [-0.2, -0.15) is 10.5 Å². The van der Waals surface area contributed by atoms with E-state index >= 15 is 0 Å². The molecule has 6 nitrogen and oxygen atoms in total. The average Bonchev–Trinajstić information content (AvgIpc) is 3.33. The van der Waals surface area contributed by atoms with Crippen molar-refractivity contribution in [1.29, 1.82) is 15.9 Å². The van der Waals surface area contributed by atoms with Gasteiger partial charge in [-0.3, -0.25) is 10.3 Å². The van der Waals surface area contributed by atoms with E-state index in [0.717, 1.165) is 39.1 Å². The predicted octanol–water partition coefficient (Wildman–Crippen LogP) is 6.75.